The van der Waals surface area contributed by atoms with Crippen molar-refractivity contribution in [1.82, 2.24) is 20.4 Å². The maximum atomic E-state index is 13.7. The van der Waals surface area contributed by atoms with E-state index in [-0.39, 0.29) is 17.6 Å². The molecule has 0 atom stereocenters. The molecule has 1 aromatic carbocycles. The number of amides is 1. The number of fused-ring (bicyclic) bond motifs is 1. The van der Waals surface area contributed by atoms with Gasteiger partial charge < -0.3 is 14.7 Å². The Balaban J connectivity index is 1.60. The molecule has 0 aliphatic carbocycles. The Morgan fingerprint density at radius 1 is 1.32 bits per heavy atom. The van der Waals surface area contributed by atoms with Crippen LogP contribution in [0.25, 0.3) is 22.4 Å². The van der Waals surface area contributed by atoms with E-state index in [2.05, 4.69) is 25.3 Å². The molecule has 0 saturated carbocycles. The molecule has 1 amide bonds. The number of hydrogen-bond donors (Lipinski definition) is 1. The fourth-order valence-electron chi connectivity index (χ4n) is 3.59. The second kappa shape index (κ2) is 7.92. The van der Waals surface area contributed by atoms with Crippen LogP contribution in [0.15, 0.2) is 35.1 Å². The zero-order valence-corrected chi connectivity index (χ0v) is 15.7. The first-order valence-electron chi connectivity index (χ1n) is 9.56. The van der Waals surface area contributed by atoms with Gasteiger partial charge in [-0.15, -0.1) is 0 Å². The van der Waals surface area contributed by atoms with E-state index in [1.54, 1.807) is 12.1 Å². The van der Waals surface area contributed by atoms with Crippen molar-refractivity contribution in [3.05, 3.63) is 36.4 Å². The second-order valence-electron chi connectivity index (χ2n) is 6.97. The third-order valence-corrected chi connectivity index (χ3v) is 5.07. The highest BCUT2D eigenvalue weighted by Crippen LogP contribution is 2.34. The van der Waals surface area contributed by atoms with Crippen LogP contribution in [-0.4, -0.2) is 40.7 Å². The third-order valence-electron chi connectivity index (χ3n) is 5.07. The van der Waals surface area contributed by atoms with Gasteiger partial charge in [-0.3, -0.25) is 4.79 Å². The van der Waals surface area contributed by atoms with Gasteiger partial charge in [0.15, 0.2) is 0 Å². The van der Waals surface area contributed by atoms with E-state index >= 15 is 0 Å². The van der Waals surface area contributed by atoms with Gasteiger partial charge in [-0.05, 0) is 31.4 Å². The van der Waals surface area contributed by atoms with Crippen LogP contribution in [0, 0.1) is 11.7 Å². The molecule has 1 aliphatic heterocycles. The van der Waals surface area contributed by atoms with Crippen molar-refractivity contribution in [2.24, 2.45) is 5.92 Å². The number of piperidine rings is 1. The van der Waals surface area contributed by atoms with Crippen molar-refractivity contribution >= 4 is 22.8 Å². The number of carbonyl (C=O) groups excluding carboxylic acids is 1. The van der Waals surface area contributed by atoms with Gasteiger partial charge in [-0.25, -0.2) is 9.37 Å². The predicted molar refractivity (Wildman–Crippen MR) is 103 cm³/mol. The molecule has 146 valence electrons. The Morgan fingerprint density at radius 3 is 2.89 bits per heavy atom. The van der Waals surface area contributed by atoms with Crippen LogP contribution in [0.3, 0.4) is 0 Å². The molecule has 7 nitrogen and oxygen atoms in total. The molecule has 0 radical (unpaired) electrons. The topological polar surface area (TPSA) is 84.2 Å². The highest BCUT2D eigenvalue weighted by Gasteiger charge is 2.28. The monoisotopic (exact) mass is 383 g/mol. The molecule has 1 saturated heterocycles. The summed E-state index contributed by atoms with van der Waals surface area (Å²) in [5.74, 6) is 0.508. The summed E-state index contributed by atoms with van der Waals surface area (Å²) < 4.78 is 19.0. The van der Waals surface area contributed by atoms with Crippen LogP contribution in [0.5, 0.6) is 0 Å². The van der Waals surface area contributed by atoms with Crippen LogP contribution < -0.4 is 10.2 Å². The highest BCUT2D eigenvalue weighted by molar-refractivity contribution is 5.98. The van der Waals surface area contributed by atoms with E-state index < -0.39 is 0 Å². The van der Waals surface area contributed by atoms with Crippen LogP contribution >= 0.6 is 0 Å². The van der Waals surface area contributed by atoms with Gasteiger partial charge in [-0.2, -0.15) is 4.98 Å². The first kappa shape index (κ1) is 18.3. The van der Waals surface area contributed by atoms with Crippen molar-refractivity contribution in [2.75, 3.05) is 24.5 Å². The zero-order valence-electron chi connectivity index (χ0n) is 15.7. The molecule has 3 aromatic rings. The molecule has 1 N–H and O–H groups in total. The first-order chi connectivity index (χ1) is 13.7. The number of benzene rings is 1. The van der Waals surface area contributed by atoms with Gasteiger partial charge >= 0.3 is 0 Å². The van der Waals surface area contributed by atoms with Crippen LogP contribution in [0.4, 0.5) is 10.2 Å². The van der Waals surface area contributed by atoms with Gasteiger partial charge in [0.1, 0.15) is 29.0 Å². The average Bonchev–Trinajstić information content (AvgIpc) is 3.16. The van der Waals surface area contributed by atoms with E-state index in [0.29, 0.717) is 47.8 Å². The largest absolute Gasteiger partial charge is 0.356 e. The van der Waals surface area contributed by atoms with Crippen molar-refractivity contribution in [3.8, 4) is 11.3 Å². The molecule has 1 aliphatic rings. The lowest BCUT2D eigenvalue weighted by atomic mass is 9.95. The summed E-state index contributed by atoms with van der Waals surface area (Å²) in [6.07, 6.45) is 3.88. The summed E-state index contributed by atoms with van der Waals surface area (Å²) in [7, 11) is 0. The number of carbonyl (C=O) groups is 1. The minimum atomic E-state index is -0.342. The average molecular weight is 383 g/mol. The minimum Gasteiger partial charge on any atom is -0.356 e. The van der Waals surface area contributed by atoms with E-state index in [1.807, 2.05) is 6.92 Å². The molecule has 1 fully saturated rings. The molecule has 28 heavy (non-hydrogen) atoms. The van der Waals surface area contributed by atoms with Crippen molar-refractivity contribution in [1.29, 1.82) is 0 Å². The molecular formula is C20H22FN5O2. The number of nitrogens with one attached hydrogen (secondary N) is 1. The zero-order chi connectivity index (χ0) is 19.5. The lowest BCUT2D eigenvalue weighted by Gasteiger charge is -2.32. The Kier molecular flexibility index (Phi) is 5.18. The normalized spacial score (nSPS) is 15.1. The molecule has 8 heteroatoms. The lowest BCUT2D eigenvalue weighted by molar-refractivity contribution is -0.125. The molecular weight excluding hydrogens is 361 g/mol. The van der Waals surface area contributed by atoms with Crippen LogP contribution in [0.1, 0.15) is 26.2 Å². The number of nitrogens with zero attached hydrogens (tertiary/aromatic N) is 4. The second-order valence-corrected chi connectivity index (χ2v) is 6.97. The quantitative estimate of drug-likeness (QED) is 0.729. The minimum absolute atomic E-state index is 0.0188. The Hall–Kier alpha value is -3.03. The maximum Gasteiger partial charge on any atom is 0.263 e. The van der Waals surface area contributed by atoms with E-state index in [1.165, 1.54) is 18.5 Å². The number of rotatable bonds is 5. The van der Waals surface area contributed by atoms with E-state index in [0.717, 1.165) is 19.3 Å². The fraction of sp³-hybridized carbons (Fsp3) is 0.400. The van der Waals surface area contributed by atoms with E-state index in [9.17, 15) is 9.18 Å². The summed E-state index contributed by atoms with van der Waals surface area (Å²) in [6, 6.07) is 6.21. The summed E-state index contributed by atoms with van der Waals surface area (Å²) in [4.78, 5) is 23.0. The Labute approximate surface area is 161 Å². The fourth-order valence-corrected chi connectivity index (χ4v) is 3.59. The Morgan fingerprint density at radius 2 is 2.14 bits per heavy atom. The molecule has 0 bridgehead atoms. The molecule has 4 rings (SSSR count). The van der Waals surface area contributed by atoms with Crippen LogP contribution in [-0.2, 0) is 4.79 Å². The number of hydrogen-bond acceptors (Lipinski definition) is 6. The number of aromatic nitrogens is 3. The third kappa shape index (κ3) is 3.54. The standard InChI is InChI=1S/C20H22FN5O2/c1-2-8-22-19(27)13-6-9-26(10-7-13)18-16-17(14-4-3-5-15(21)11-14)25-28-20(16)24-12-23-18/h3-5,11-13H,2,6-10H2,1H3,(H,22,27). The van der Waals surface area contributed by atoms with Crippen molar-refractivity contribution in [2.45, 2.75) is 26.2 Å². The summed E-state index contributed by atoms with van der Waals surface area (Å²) in [5.41, 5.74) is 1.50. The Bertz CT molecular complexity index is 982. The summed E-state index contributed by atoms with van der Waals surface area (Å²) in [5, 5.41) is 7.75. The van der Waals surface area contributed by atoms with Gasteiger partial charge in [0.25, 0.3) is 5.71 Å². The number of halogens is 1. The predicted octanol–water partition coefficient (Wildman–Crippen LogP) is 3.17. The van der Waals surface area contributed by atoms with Gasteiger partial charge in [0.05, 0.1) is 0 Å². The summed E-state index contributed by atoms with van der Waals surface area (Å²) in [6.45, 7) is 4.15. The number of anilines is 1. The van der Waals surface area contributed by atoms with Gasteiger partial charge in [-0.1, -0.05) is 24.2 Å². The molecule has 0 unspecified atom stereocenters. The van der Waals surface area contributed by atoms with Crippen molar-refractivity contribution < 1.29 is 13.7 Å². The van der Waals surface area contributed by atoms with Crippen LogP contribution in [0.2, 0.25) is 0 Å². The van der Waals surface area contributed by atoms with E-state index in [4.69, 9.17) is 4.52 Å². The maximum absolute atomic E-state index is 13.7. The molecule has 3 heterocycles. The molecule has 0 spiro atoms. The SMILES string of the molecule is CCCNC(=O)C1CCN(c2ncnc3onc(-c4cccc(F)c4)c23)CC1. The van der Waals surface area contributed by atoms with Gasteiger partial charge in [0.2, 0.25) is 5.91 Å². The smallest absolute Gasteiger partial charge is 0.263 e. The highest BCUT2D eigenvalue weighted by atomic mass is 19.1. The first-order valence-corrected chi connectivity index (χ1v) is 9.56. The van der Waals surface area contributed by atoms with Gasteiger partial charge in [0, 0.05) is 31.1 Å². The summed E-state index contributed by atoms with van der Waals surface area (Å²) >= 11 is 0. The van der Waals surface area contributed by atoms with Crippen molar-refractivity contribution in [3.63, 3.8) is 0 Å². The lowest BCUT2D eigenvalue weighted by Crippen LogP contribution is -2.41. The molecule has 2 aromatic heterocycles.